The SMILES string of the molecule is CC[C@](C)(C=O)[C@H](N)C(=O)O. The number of hydrogen-bond acceptors (Lipinski definition) is 3. The first-order chi connectivity index (χ1) is 4.98. The second kappa shape index (κ2) is 3.48. The number of carbonyl (C=O) groups excluding carboxylic acids is 1. The molecule has 0 unspecified atom stereocenters. The van der Waals surface area contributed by atoms with Gasteiger partial charge in [-0.15, -0.1) is 0 Å². The Morgan fingerprint density at radius 3 is 2.36 bits per heavy atom. The normalized spacial score (nSPS) is 18.5. The van der Waals surface area contributed by atoms with Crippen molar-refractivity contribution in [3.8, 4) is 0 Å². The minimum absolute atomic E-state index is 0.434. The molecule has 0 aliphatic heterocycles. The maximum Gasteiger partial charge on any atom is 0.321 e. The van der Waals surface area contributed by atoms with Crippen molar-refractivity contribution >= 4 is 12.3 Å². The zero-order valence-electron chi connectivity index (χ0n) is 6.70. The highest BCUT2D eigenvalue weighted by molar-refractivity contribution is 5.80. The zero-order valence-corrected chi connectivity index (χ0v) is 6.70. The monoisotopic (exact) mass is 159 g/mol. The standard InChI is InChI=1S/C7H13NO3/c1-3-7(2,4-9)5(8)6(10)11/h4-5H,3,8H2,1-2H3,(H,10,11)/t5-,7-/m1/s1. The summed E-state index contributed by atoms with van der Waals surface area (Å²) in [6.45, 7) is 3.27. The smallest absolute Gasteiger partial charge is 0.321 e. The minimum Gasteiger partial charge on any atom is -0.480 e. The van der Waals surface area contributed by atoms with Crippen LogP contribution in [-0.2, 0) is 9.59 Å². The van der Waals surface area contributed by atoms with Crippen LogP contribution in [0.4, 0.5) is 0 Å². The van der Waals surface area contributed by atoms with E-state index in [4.69, 9.17) is 10.8 Å². The van der Waals surface area contributed by atoms with Crippen LogP contribution in [0.2, 0.25) is 0 Å². The highest BCUT2D eigenvalue weighted by atomic mass is 16.4. The fraction of sp³-hybridized carbons (Fsp3) is 0.714. The Kier molecular flexibility index (Phi) is 3.19. The molecule has 0 spiro atoms. The predicted octanol–water partition coefficient (Wildman–Crippen LogP) is 0.0135. The van der Waals surface area contributed by atoms with E-state index >= 15 is 0 Å². The summed E-state index contributed by atoms with van der Waals surface area (Å²) in [6.07, 6.45) is 1.04. The summed E-state index contributed by atoms with van der Waals surface area (Å²) < 4.78 is 0. The molecule has 0 aliphatic carbocycles. The lowest BCUT2D eigenvalue weighted by atomic mass is 9.82. The van der Waals surface area contributed by atoms with E-state index < -0.39 is 17.4 Å². The van der Waals surface area contributed by atoms with Crippen LogP contribution in [0.15, 0.2) is 0 Å². The van der Waals surface area contributed by atoms with E-state index in [-0.39, 0.29) is 0 Å². The van der Waals surface area contributed by atoms with Gasteiger partial charge in [-0.25, -0.2) is 0 Å². The first kappa shape index (κ1) is 10.1. The molecule has 4 nitrogen and oxygen atoms in total. The summed E-state index contributed by atoms with van der Waals surface area (Å²) in [5.74, 6) is -1.14. The van der Waals surface area contributed by atoms with Crippen molar-refractivity contribution in [2.24, 2.45) is 11.1 Å². The van der Waals surface area contributed by atoms with Crippen molar-refractivity contribution in [2.45, 2.75) is 26.3 Å². The van der Waals surface area contributed by atoms with Gasteiger partial charge in [0.1, 0.15) is 12.3 Å². The molecule has 11 heavy (non-hydrogen) atoms. The van der Waals surface area contributed by atoms with Crippen molar-refractivity contribution in [3.63, 3.8) is 0 Å². The molecule has 0 saturated heterocycles. The number of aliphatic carboxylic acids is 1. The Bertz CT molecular complexity index is 169. The van der Waals surface area contributed by atoms with Crippen LogP contribution in [0.1, 0.15) is 20.3 Å². The van der Waals surface area contributed by atoms with E-state index in [2.05, 4.69) is 0 Å². The van der Waals surface area contributed by atoms with Gasteiger partial charge in [0.05, 0.1) is 0 Å². The van der Waals surface area contributed by atoms with E-state index in [1.165, 1.54) is 0 Å². The third kappa shape index (κ3) is 2.01. The molecule has 0 saturated carbocycles. The molecule has 4 heteroatoms. The van der Waals surface area contributed by atoms with Crippen LogP contribution < -0.4 is 5.73 Å². The number of hydrogen-bond donors (Lipinski definition) is 2. The maximum atomic E-state index is 10.5. The Hall–Kier alpha value is -0.900. The number of carboxylic acids is 1. The average Bonchev–Trinajstić information content (AvgIpc) is 2.01. The fourth-order valence-electron chi connectivity index (χ4n) is 0.659. The minimum atomic E-state index is -1.14. The van der Waals surface area contributed by atoms with E-state index in [0.29, 0.717) is 12.7 Å². The molecule has 0 radical (unpaired) electrons. The summed E-state index contributed by atoms with van der Waals surface area (Å²) in [5.41, 5.74) is 4.35. The van der Waals surface area contributed by atoms with Crippen molar-refractivity contribution in [1.82, 2.24) is 0 Å². The van der Waals surface area contributed by atoms with E-state index in [1.807, 2.05) is 0 Å². The first-order valence-corrected chi connectivity index (χ1v) is 3.42. The lowest BCUT2D eigenvalue weighted by molar-refractivity contribution is -0.143. The third-order valence-corrected chi connectivity index (χ3v) is 2.01. The quantitative estimate of drug-likeness (QED) is 0.566. The van der Waals surface area contributed by atoms with E-state index in [9.17, 15) is 9.59 Å². The number of aldehydes is 1. The van der Waals surface area contributed by atoms with Crippen LogP contribution >= 0.6 is 0 Å². The molecule has 0 rings (SSSR count). The van der Waals surface area contributed by atoms with Gasteiger partial charge in [-0.1, -0.05) is 13.8 Å². The fourth-order valence-corrected chi connectivity index (χ4v) is 0.659. The third-order valence-electron chi connectivity index (χ3n) is 2.01. The molecule has 0 aromatic rings. The van der Waals surface area contributed by atoms with Crippen LogP contribution in [0.3, 0.4) is 0 Å². The molecule has 0 amide bonds. The van der Waals surface area contributed by atoms with Crippen molar-refractivity contribution in [1.29, 1.82) is 0 Å². The molecule has 64 valence electrons. The number of rotatable bonds is 4. The highest BCUT2D eigenvalue weighted by Gasteiger charge is 2.34. The van der Waals surface area contributed by atoms with Gasteiger partial charge in [0, 0.05) is 5.41 Å². The Morgan fingerprint density at radius 2 is 2.27 bits per heavy atom. The summed E-state index contributed by atoms with van der Waals surface area (Å²) in [6, 6.07) is -1.11. The Balaban J connectivity index is 4.49. The molecule has 2 atom stereocenters. The maximum absolute atomic E-state index is 10.5. The zero-order chi connectivity index (χ0) is 9.07. The number of carboxylic acid groups (broad SMARTS) is 1. The molecule has 3 N–H and O–H groups in total. The summed E-state index contributed by atoms with van der Waals surface area (Å²) in [5, 5.41) is 8.50. The topological polar surface area (TPSA) is 80.4 Å². The molecule has 0 aliphatic rings. The van der Waals surface area contributed by atoms with Gasteiger partial charge in [0.2, 0.25) is 0 Å². The van der Waals surface area contributed by atoms with Gasteiger partial charge in [0.15, 0.2) is 0 Å². The average molecular weight is 159 g/mol. The first-order valence-electron chi connectivity index (χ1n) is 3.42. The molecule has 0 aromatic heterocycles. The van der Waals surface area contributed by atoms with Gasteiger partial charge in [0.25, 0.3) is 0 Å². The Labute approximate surface area is 65.4 Å². The van der Waals surface area contributed by atoms with Crippen molar-refractivity contribution < 1.29 is 14.7 Å². The lowest BCUT2D eigenvalue weighted by Crippen LogP contribution is -2.46. The summed E-state index contributed by atoms with van der Waals surface area (Å²) in [4.78, 5) is 20.8. The summed E-state index contributed by atoms with van der Waals surface area (Å²) >= 11 is 0. The van der Waals surface area contributed by atoms with Gasteiger partial charge < -0.3 is 15.6 Å². The molecular formula is C7H13NO3. The van der Waals surface area contributed by atoms with E-state index in [1.54, 1.807) is 13.8 Å². The predicted molar refractivity (Wildman–Crippen MR) is 40.1 cm³/mol. The van der Waals surface area contributed by atoms with E-state index in [0.717, 1.165) is 0 Å². The second-order valence-corrected chi connectivity index (χ2v) is 2.79. The van der Waals surface area contributed by atoms with Gasteiger partial charge >= 0.3 is 5.97 Å². The Morgan fingerprint density at radius 1 is 1.82 bits per heavy atom. The largest absolute Gasteiger partial charge is 0.480 e. The molecule has 0 fully saturated rings. The van der Waals surface area contributed by atoms with Crippen LogP contribution in [0.5, 0.6) is 0 Å². The molecule has 0 aromatic carbocycles. The number of nitrogens with two attached hydrogens (primary N) is 1. The van der Waals surface area contributed by atoms with Gasteiger partial charge in [-0.05, 0) is 6.42 Å². The van der Waals surface area contributed by atoms with Crippen LogP contribution in [-0.4, -0.2) is 23.4 Å². The van der Waals surface area contributed by atoms with Crippen molar-refractivity contribution in [3.05, 3.63) is 0 Å². The van der Waals surface area contributed by atoms with Crippen LogP contribution in [0.25, 0.3) is 0 Å². The highest BCUT2D eigenvalue weighted by Crippen LogP contribution is 2.21. The summed E-state index contributed by atoms with van der Waals surface area (Å²) in [7, 11) is 0. The molecular weight excluding hydrogens is 146 g/mol. The van der Waals surface area contributed by atoms with Gasteiger partial charge in [-0.2, -0.15) is 0 Å². The lowest BCUT2D eigenvalue weighted by Gasteiger charge is -2.24. The van der Waals surface area contributed by atoms with Crippen LogP contribution in [0, 0.1) is 5.41 Å². The van der Waals surface area contributed by atoms with Gasteiger partial charge in [-0.3, -0.25) is 4.79 Å². The molecule has 0 bridgehead atoms. The second-order valence-electron chi connectivity index (χ2n) is 2.79. The van der Waals surface area contributed by atoms with Crippen molar-refractivity contribution in [2.75, 3.05) is 0 Å². The molecule has 0 heterocycles. The number of carbonyl (C=O) groups is 2.